The van der Waals surface area contributed by atoms with Crippen LogP contribution in [0.2, 0.25) is 0 Å². The third kappa shape index (κ3) is 5.60. The van der Waals surface area contributed by atoms with Crippen LogP contribution in [0.25, 0.3) is 10.2 Å². The molecule has 3 aromatic rings. The van der Waals surface area contributed by atoms with Crippen molar-refractivity contribution in [1.29, 1.82) is 0 Å². The molecule has 2 aromatic heterocycles. The summed E-state index contributed by atoms with van der Waals surface area (Å²) in [5.41, 5.74) is 2.04. The molecular weight excluding hydrogens is 404 g/mol. The third-order valence-corrected chi connectivity index (χ3v) is 6.71. The molecule has 1 aliphatic heterocycles. The van der Waals surface area contributed by atoms with E-state index >= 15 is 0 Å². The van der Waals surface area contributed by atoms with Gasteiger partial charge in [-0.2, -0.15) is 0 Å². The zero-order valence-corrected chi connectivity index (χ0v) is 18.4. The Balaban J connectivity index is 1.22. The van der Waals surface area contributed by atoms with Crippen molar-refractivity contribution in [2.75, 3.05) is 18.4 Å². The predicted octanol–water partition coefficient (Wildman–Crippen LogP) is 4.32. The van der Waals surface area contributed by atoms with Crippen molar-refractivity contribution in [3.8, 4) is 0 Å². The zero-order valence-electron chi connectivity index (χ0n) is 16.8. The van der Waals surface area contributed by atoms with E-state index in [-0.39, 0.29) is 18.1 Å². The highest BCUT2D eigenvalue weighted by molar-refractivity contribution is 7.18. The minimum atomic E-state index is 0.0145. The molecule has 8 heteroatoms. The monoisotopic (exact) mass is 430 g/mol. The molecule has 0 spiro atoms. The van der Waals surface area contributed by atoms with E-state index in [1.807, 2.05) is 23.6 Å². The number of aromatic nitrogens is 2. The van der Waals surface area contributed by atoms with Gasteiger partial charge in [0.25, 0.3) is 0 Å². The van der Waals surface area contributed by atoms with E-state index in [1.54, 1.807) is 11.3 Å². The number of carbonyl (C=O) groups excluding carboxylic acids is 1. The van der Waals surface area contributed by atoms with Crippen LogP contribution in [0.4, 0.5) is 5.13 Å². The van der Waals surface area contributed by atoms with Crippen molar-refractivity contribution < 1.29 is 9.53 Å². The van der Waals surface area contributed by atoms with Gasteiger partial charge in [-0.15, -0.1) is 22.7 Å². The first-order valence-corrected chi connectivity index (χ1v) is 11.7. The van der Waals surface area contributed by atoms with Crippen molar-refractivity contribution in [2.45, 2.75) is 51.9 Å². The first-order valence-electron chi connectivity index (χ1n) is 10.0. The van der Waals surface area contributed by atoms with Crippen molar-refractivity contribution in [2.24, 2.45) is 0 Å². The number of para-hydroxylation sites is 1. The fraction of sp³-hybridized carbons (Fsp3) is 0.476. The van der Waals surface area contributed by atoms with Gasteiger partial charge in [0.15, 0.2) is 5.13 Å². The molecule has 4 rings (SSSR count). The summed E-state index contributed by atoms with van der Waals surface area (Å²) in [6.07, 6.45) is 2.57. The molecule has 29 heavy (non-hydrogen) atoms. The number of hydrogen-bond donors (Lipinski definition) is 1. The van der Waals surface area contributed by atoms with E-state index in [0.717, 1.165) is 48.7 Å². The standard InChI is InChI=1S/C21H26N4O2S2/c1-14-10-25(11-15(2)27-14)12-16-13-28-21(22-16)24-19(26)8-5-9-20-23-17-6-3-4-7-18(17)29-20/h3-4,6-7,13-15H,5,8-12H2,1-2H3,(H,22,24,26). The van der Waals surface area contributed by atoms with Crippen LogP contribution in [0.3, 0.4) is 0 Å². The molecule has 1 fully saturated rings. The molecule has 3 heterocycles. The quantitative estimate of drug-likeness (QED) is 0.604. The number of hydrogen-bond acceptors (Lipinski definition) is 7. The highest BCUT2D eigenvalue weighted by Crippen LogP contribution is 2.23. The number of amides is 1. The lowest BCUT2D eigenvalue weighted by Gasteiger charge is -2.34. The first-order chi connectivity index (χ1) is 14.0. The molecule has 0 saturated carbocycles. The molecule has 154 valence electrons. The number of benzene rings is 1. The Morgan fingerprint density at radius 1 is 1.24 bits per heavy atom. The maximum atomic E-state index is 12.3. The number of nitrogens with zero attached hydrogens (tertiary/aromatic N) is 3. The fourth-order valence-corrected chi connectivity index (χ4v) is 5.42. The lowest BCUT2D eigenvalue weighted by atomic mass is 10.2. The van der Waals surface area contributed by atoms with Crippen LogP contribution in [0.5, 0.6) is 0 Å². The minimum Gasteiger partial charge on any atom is -0.373 e. The summed E-state index contributed by atoms with van der Waals surface area (Å²) in [6, 6.07) is 8.14. The Morgan fingerprint density at radius 2 is 2.03 bits per heavy atom. The van der Waals surface area contributed by atoms with Gasteiger partial charge in [0.1, 0.15) is 0 Å². The second-order valence-electron chi connectivity index (χ2n) is 7.57. The van der Waals surface area contributed by atoms with Crippen molar-refractivity contribution in [1.82, 2.24) is 14.9 Å². The Hall–Kier alpha value is -1.87. The highest BCUT2D eigenvalue weighted by Gasteiger charge is 2.22. The van der Waals surface area contributed by atoms with Crippen molar-refractivity contribution >= 4 is 43.9 Å². The maximum absolute atomic E-state index is 12.3. The molecule has 0 radical (unpaired) electrons. The molecule has 0 aliphatic carbocycles. The Kier molecular flexibility index (Phi) is 6.54. The van der Waals surface area contributed by atoms with Crippen molar-refractivity contribution in [3.63, 3.8) is 0 Å². The number of anilines is 1. The summed E-state index contributed by atoms with van der Waals surface area (Å²) in [5.74, 6) is 0.0145. The van der Waals surface area contributed by atoms with E-state index in [9.17, 15) is 4.79 Å². The average Bonchev–Trinajstić information content (AvgIpc) is 3.27. The largest absolute Gasteiger partial charge is 0.373 e. The second kappa shape index (κ2) is 9.30. The van der Waals surface area contributed by atoms with Gasteiger partial charge in [-0.25, -0.2) is 9.97 Å². The molecule has 1 amide bonds. The topological polar surface area (TPSA) is 67.4 Å². The second-order valence-corrected chi connectivity index (χ2v) is 9.55. The highest BCUT2D eigenvalue weighted by atomic mass is 32.1. The summed E-state index contributed by atoms with van der Waals surface area (Å²) in [4.78, 5) is 23.8. The number of thiazole rings is 2. The molecule has 6 nitrogen and oxygen atoms in total. The summed E-state index contributed by atoms with van der Waals surface area (Å²) < 4.78 is 6.98. The van der Waals surface area contributed by atoms with Gasteiger partial charge >= 0.3 is 0 Å². The smallest absolute Gasteiger partial charge is 0.226 e. The lowest BCUT2D eigenvalue weighted by molar-refractivity contribution is -0.116. The van der Waals surface area contributed by atoms with Crippen LogP contribution in [-0.4, -0.2) is 46.1 Å². The van der Waals surface area contributed by atoms with E-state index in [0.29, 0.717) is 11.6 Å². The number of ether oxygens (including phenoxy) is 1. The molecule has 2 atom stereocenters. The molecule has 1 saturated heterocycles. The number of rotatable bonds is 7. The SMILES string of the molecule is CC1CN(Cc2csc(NC(=O)CCCc3nc4ccccc4s3)n2)CC(C)O1. The van der Waals surface area contributed by atoms with Crippen LogP contribution in [0.1, 0.15) is 37.4 Å². The number of morpholine rings is 1. The number of carbonyl (C=O) groups is 1. The van der Waals surface area contributed by atoms with Gasteiger partial charge in [0.05, 0.1) is 33.1 Å². The van der Waals surface area contributed by atoms with Gasteiger partial charge in [-0.3, -0.25) is 9.69 Å². The van der Waals surface area contributed by atoms with E-state index < -0.39 is 0 Å². The molecule has 1 aromatic carbocycles. The van der Waals surface area contributed by atoms with Crippen LogP contribution < -0.4 is 5.32 Å². The fourth-order valence-electron chi connectivity index (χ4n) is 3.69. The maximum Gasteiger partial charge on any atom is 0.226 e. The van der Waals surface area contributed by atoms with Crippen molar-refractivity contribution in [3.05, 3.63) is 40.3 Å². The Bertz CT molecular complexity index is 927. The van der Waals surface area contributed by atoms with Gasteiger partial charge in [0, 0.05) is 31.4 Å². The molecule has 2 unspecified atom stereocenters. The molecular formula is C21H26N4O2S2. The molecule has 0 bridgehead atoms. The van der Waals surface area contributed by atoms with Gasteiger partial charge < -0.3 is 10.1 Å². The lowest BCUT2D eigenvalue weighted by Crippen LogP contribution is -2.44. The number of aryl methyl sites for hydroxylation is 1. The van der Waals surface area contributed by atoms with E-state index in [4.69, 9.17) is 4.74 Å². The summed E-state index contributed by atoms with van der Waals surface area (Å²) in [6.45, 7) is 6.82. The molecule has 1 aliphatic rings. The Morgan fingerprint density at radius 3 is 2.83 bits per heavy atom. The number of fused-ring (bicyclic) bond motifs is 1. The summed E-state index contributed by atoms with van der Waals surface area (Å²) >= 11 is 3.20. The zero-order chi connectivity index (χ0) is 20.2. The van der Waals surface area contributed by atoms with Crippen LogP contribution >= 0.6 is 22.7 Å². The van der Waals surface area contributed by atoms with Crippen LogP contribution in [0.15, 0.2) is 29.6 Å². The van der Waals surface area contributed by atoms with Crippen LogP contribution in [0, 0.1) is 0 Å². The normalized spacial score (nSPS) is 20.2. The van der Waals surface area contributed by atoms with E-state index in [2.05, 4.69) is 40.1 Å². The predicted molar refractivity (Wildman–Crippen MR) is 119 cm³/mol. The first kappa shape index (κ1) is 20.4. The summed E-state index contributed by atoms with van der Waals surface area (Å²) in [5, 5.41) is 6.73. The van der Waals surface area contributed by atoms with Gasteiger partial charge in [0.2, 0.25) is 5.91 Å². The van der Waals surface area contributed by atoms with Crippen LogP contribution in [-0.2, 0) is 22.5 Å². The van der Waals surface area contributed by atoms with E-state index in [1.165, 1.54) is 16.0 Å². The van der Waals surface area contributed by atoms with Gasteiger partial charge in [-0.05, 0) is 38.8 Å². The Labute approximate surface area is 178 Å². The summed E-state index contributed by atoms with van der Waals surface area (Å²) in [7, 11) is 0. The van der Waals surface area contributed by atoms with Gasteiger partial charge in [-0.1, -0.05) is 12.1 Å². The third-order valence-electron chi connectivity index (χ3n) is 4.81. The number of nitrogens with one attached hydrogen (secondary N) is 1. The minimum absolute atomic E-state index is 0.0145. The average molecular weight is 431 g/mol. The molecule has 1 N–H and O–H groups in total.